The first-order valence-corrected chi connectivity index (χ1v) is 4.68. The first kappa shape index (κ1) is 13.9. The highest BCUT2D eigenvalue weighted by Gasteiger charge is 2.32. The van der Waals surface area contributed by atoms with Crippen LogP contribution in [0.2, 0.25) is 0 Å². The van der Waals surface area contributed by atoms with Crippen LogP contribution >= 0.6 is 0 Å². The second-order valence-electron chi connectivity index (χ2n) is 3.56. The topological polar surface area (TPSA) is 66.5 Å². The van der Waals surface area contributed by atoms with E-state index in [9.17, 15) is 22.7 Å². The van der Waals surface area contributed by atoms with Crippen molar-refractivity contribution in [3.8, 4) is 0 Å². The molecule has 0 spiro atoms. The van der Waals surface area contributed by atoms with Gasteiger partial charge in [-0.15, -0.1) is 0 Å². The normalized spacial score (nSPS) is 15.7. The van der Waals surface area contributed by atoms with E-state index in [1.165, 1.54) is 0 Å². The summed E-state index contributed by atoms with van der Waals surface area (Å²) in [5.74, 6) is -1.13. The molecule has 0 fully saturated rings. The molecule has 4 N–H and O–H groups in total. The number of alkyl halides is 3. The van der Waals surface area contributed by atoms with Crippen LogP contribution in [0, 0.1) is 5.82 Å². The van der Waals surface area contributed by atoms with E-state index < -0.39 is 36.3 Å². The third kappa shape index (κ3) is 3.39. The Bertz CT molecular complexity index is 394. The molecule has 2 unspecified atom stereocenters. The molecule has 2 atom stereocenters. The number of aliphatic hydroxyl groups is 2. The molecular formula is C10H11F4NO2. The summed E-state index contributed by atoms with van der Waals surface area (Å²) in [5, 5.41) is 18.1. The van der Waals surface area contributed by atoms with Crippen LogP contribution in [0.4, 0.5) is 17.6 Å². The van der Waals surface area contributed by atoms with Gasteiger partial charge in [-0.05, 0) is 23.8 Å². The zero-order valence-electron chi connectivity index (χ0n) is 8.58. The second-order valence-corrected chi connectivity index (χ2v) is 3.56. The number of halogens is 4. The van der Waals surface area contributed by atoms with E-state index in [4.69, 9.17) is 10.8 Å². The zero-order valence-corrected chi connectivity index (χ0v) is 8.58. The summed E-state index contributed by atoms with van der Waals surface area (Å²) < 4.78 is 50.1. The number of aliphatic hydroxyl groups excluding tert-OH is 2. The predicted molar refractivity (Wildman–Crippen MR) is 51.4 cm³/mol. The fraction of sp³-hybridized carbons (Fsp3) is 0.400. The maximum absolute atomic E-state index is 13.0. The van der Waals surface area contributed by atoms with E-state index >= 15 is 0 Å². The molecule has 0 saturated heterocycles. The molecule has 1 aromatic rings. The molecule has 0 radical (unpaired) electrons. The van der Waals surface area contributed by atoms with E-state index in [2.05, 4.69) is 0 Å². The predicted octanol–water partition coefficient (Wildman–Crippen LogP) is 1.20. The monoisotopic (exact) mass is 253 g/mol. The quantitative estimate of drug-likeness (QED) is 0.709. The molecule has 0 saturated carbocycles. The maximum atomic E-state index is 13.0. The van der Waals surface area contributed by atoms with Crippen LogP contribution in [-0.4, -0.2) is 22.9 Å². The van der Waals surface area contributed by atoms with Crippen LogP contribution in [0.1, 0.15) is 17.2 Å². The Kier molecular flexibility index (Phi) is 4.07. The second kappa shape index (κ2) is 4.99. The van der Waals surface area contributed by atoms with Crippen molar-refractivity contribution in [2.75, 3.05) is 6.61 Å². The summed E-state index contributed by atoms with van der Waals surface area (Å²) in [6, 6.07) is 0.497. The molecule has 3 nitrogen and oxygen atoms in total. The van der Waals surface area contributed by atoms with Gasteiger partial charge in [0.1, 0.15) is 5.82 Å². The van der Waals surface area contributed by atoms with Crippen LogP contribution in [0.25, 0.3) is 0 Å². The van der Waals surface area contributed by atoms with E-state index in [1.807, 2.05) is 0 Å². The molecule has 7 heteroatoms. The average Bonchev–Trinajstić information content (AvgIpc) is 2.25. The fourth-order valence-electron chi connectivity index (χ4n) is 1.29. The van der Waals surface area contributed by atoms with Gasteiger partial charge in [0.05, 0.1) is 24.3 Å². The fourth-order valence-corrected chi connectivity index (χ4v) is 1.29. The van der Waals surface area contributed by atoms with Gasteiger partial charge in [-0.1, -0.05) is 0 Å². The van der Waals surface area contributed by atoms with Gasteiger partial charge in [0, 0.05) is 0 Å². The van der Waals surface area contributed by atoms with Crippen molar-refractivity contribution in [1.29, 1.82) is 0 Å². The van der Waals surface area contributed by atoms with Gasteiger partial charge in [-0.3, -0.25) is 0 Å². The lowest BCUT2D eigenvalue weighted by Crippen LogP contribution is -2.32. The lowest BCUT2D eigenvalue weighted by molar-refractivity contribution is -0.137. The molecule has 0 aromatic heterocycles. The van der Waals surface area contributed by atoms with Crippen molar-refractivity contribution in [3.63, 3.8) is 0 Å². The van der Waals surface area contributed by atoms with Crippen LogP contribution < -0.4 is 5.73 Å². The highest BCUT2D eigenvalue weighted by Crippen LogP contribution is 2.32. The van der Waals surface area contributed by atoms with Crippen molar-refractivity contribution in [3.05, 3.63) is 35.1 Å². The molecule has 0 aliphatic heterocycles. The molecule has 96 valence electrons. The Morgan fingerprint density at radius 3 is 2.29 bits per heavy atom. The lowest BCUT2D eigenvalue weighted by atomic mass is 10.0. The Labute approximate surface area is 94.5 Å². The highest BCUT2D eigenvalue weighted by atomic mass is 19.4. The molecule has 17 heavy (non-hydrogen) atoms. The van der Waals surface area contributed by atoms with Gasteiger partial charge in [-0.25, -0.2) is 4.39 Å². The smallest absolute Gasteiger partial charge is 0.395 e. The average molecular weight is 253 g/mol. The van der Waals surface area contributed by atoms with E-state index in [0.717, 1.165) is 6.07 Å². The molecule has 0 aliphatic rings. The van der Waals surface area contributed by atoms with Crippen molar-refractivity contribution in [2.24, 2.45) is 5.73 Å². The molecular weight excluding hydrogens is 242 g/mol. The van der Waals surface area contributed by atoms with Gasteiger partial charge in [0.25, 0.3) is 0 Å². The molecule has 1 rings (SSSR count). The molecule has 1 aromatic carbocycles. The molecule has 0 aliphatic carbocycles. The highest BCUT2D eigenvalue weighted by molar-refractivity contribution is 5.29. The Balaban J connectivity index is 3.14. The Morgan fingerprint density at radius 2 is 1.82 bits per heavy atom. The number of nitrogens with two attached hydrogens (primary N) is 1. The largest absolute Gasteiger partial charge is 0.416 e. The SMILES string of the molecule is NC(CO)C(O)c1cc(F)cc(C(F)(F)F)c1. The zero-order chi connectivity index (χ0) is 13.2. The van der Waals surface area contributed by atoms with Gasteiger partial charge in [0.2, 0.25) is 0 Å². The summed E-state index contributed by atoms with van der Waals surface area (Å²) in [7, 11) is 0. The summed E-state index contributed by atoms with van der Waals surface area (Å²) in [4.78, 5) is 0. The summed E-state index contributed by atoms with van der Waals surface area (Å²) >= 11 is 0. The Morgan fingerprint density at radius 1 is 1.24 bits per heavy atom. The number of rotatable bonds is 3. The Hall–Kier alpha value is -1.18. The van der Waals surface area contributed by atoms with Crippen molar-refractivity contribution in [1.82, 2.24) is 0 Å². The van der Waals surface area contributed by atoms with Gasteiger partial charge >= 0.3 is 6.18 Å². The third-order valence-corrected chi connectivity index (χ3v) is 2.21. The third-order valence-electron chi connectivity index (χ3n) is 2.21. The molecule has 0 bridgehead atoms. The van der Waals surface area contributed by atoms with Gasteiger partial charge < -0.3 is 15.9 Å². The summed E-state index contributed by atoms with van der Waals surface area (Å²) in [6.07, 6.45) is -6.27. The van der Waals surface area contributed by atoms with Crippen molar-refractivity contribution < 1.29 is 27.8 Å². The van der Waals surface area contributed by atoms with E-state index in [-0.39, 0.29) is 5.56 Å². The number of hydrogen-bond acceptors (Lipinski definition) is 3. The maximum Gasteiger partial charge on any atom is 0.416 e. The molecule has 0 amide bonds. The van der Waals surface area contributed by atoms with E-state index in [0.29, 0.717) is 12.1 Å². The van der Waals surface area contributed by atoms with E-state index in [1.54, 1.807) is 0 Å². The van der Waals surface area contributed by atoms with Crippen LogP contribution in [0.15, 0.2) is 18.2 Å². The van der Waals surface area contributed by atoms with Crippen molar-refractivity contribution in [2.45, 2.75) is 18.3 Å². The minimum Gasteiger partial charge on any atom is -0.395 e. The number of benzene rings is 1. The summed E-state index contributed by atoms with van der Waals surface area (Å²) in [6.45, 7) is -0.626. The summed E-state index contributed by atoms with van der Waals surface area (Å²) in [5.41, 5.74) is 3.72. The first-order chi connectivity index (χ1) is 7.75. The van der Waals surface area contributed by atoms with Gasteiger partial charge in [-0.2, -0.15) is 13.2 Å². The first-order valence-electron chi connectivity index (χ1n) is 4.68. The van der Waals surface area contributed by atoms with Crippen LogP contribution in [0.3, 0.4) is 0 Å². The lowest BCUT2D eigenvalue weighted by Gasteiger charge is -2.18. The number of hydrogen-bond donors (Lipinski definition) is 3. The van der Waals surface area contributed by atoms with Crippen LogP contribution in [0.5, 0.6) is 0 Å². The van der Waals surface area contributed by atoms with Crippen molar-refractivity contribution >= 4 is 0 Å². The minimum absolute atomic E-state index is 0.320. The van der Waals surface area contributed by atoms with Gasteiger partial charge in [0.15, 0.2) is 0 Å². The van der Waals surface area contributed by atoms with Crippen LogP contribution in [-0.2, 0) is 6.18 Å². The standard InChI is InChI=1S/C10H11F4NO2/c11-7-2-5(9(17)8(15)4-16)1-6(3-7)10(12,13)14/h1-3,8-9,16-17H,4,15H2. The minimum atomic E-state index is -4.71. The molecule has 0 heterocycles.